The Morgan fingerprint density at radius 3 is 2.38 bits per heavy atom. The van der Waals surface area contributed by atoms with Gasteiger partial charge in [-0.3, -0.25) is 4.79 Å². The van der Waals surface area contributed by atoms with Crippen LogP contribution in [0.15, 0.2) is 12.1 Å². The molecule has 0 radical (unpaired) electrons. The maximum Gasteiger partial charge on any atom is 0.267 e. The number of nitrogens with one attached hydrogen (secondary N) is 1. The molecule has 4 nitrogen and oxygen atoms in total. The summed E-state index contributed by atoms with van der Waals surface area (Å²) in [6, 6.07) is 2.23. The van der Waals surface area contributed by atoms with E-state index in [0.717, 1.165) is 23.6 Å². The van der Waals surface area contributed by atoms with Crippen molar-refractivity contribution in [3.8, 4) is 0 Å². The van der Waals surface area contributed by atoms with Gasteiger partial charge in [0.1, 0.15) is 10.6 Å². The lowest BCUT2D eigenvalue weighted by Crippen LogP contribution is -2.15. The van der Waals surface area contributed by atoms with Crippen LogP contribution in [0, 0.1) is 24.5 Å². The van der Waals surface area contributed by atoms with E-state index in [1.165, 1.54) is 16.2 Å². The van der Waals surface area contributed by atoms with Crippen LogP contribution in [0.2, 0.25) is 0 Å². The van der Waals surface area contributed by atoms with Gasteiger partial charge in [0.2, 0.25) is 0 Å². The Morgan fingerprint density at radius 2 is 1.88 bits per heavy atom. The average molecular weight is 353 g/mol. The number of carbonyl (C=O) groups is 1. The normalized spacial score (nSPS) is 11.0. The van der Waals surface area contributed by atoms with E-state index in [0.29, 0.717) is 16.5 Å². The van der Waals surface area contributed by atoms with Gasteiger partial charge < -0.3 is 10.2 Å². The van der Waals surface area contributed by atoms with Crippen molar-refractivity contribution in [2.45, 2.75) is 27.2 Å². The number of hydrogen-bond acceptors (Lipinski definition) is 4. The highest BCUT2D eigenvalue weighted by atomic mass is 32.1. The van der Waals surface area contributed by atoms with Crippen LogP contribution in [-0.2, 0) is 6.42 Å². The molecule has 0 bridgehead atoms. The molecule has 1 aromatic heterocycles. The fourth-order valence-electron chi connectivity index (χ4n) is 2.35. The Bertz CT molecular complexity index is 733. The summed E-state index contributed by atoms with van der Waals surface area (Å²) in [6.45, 7) is 5.91. The maximum absolute atomic E-state index is 14.0. The Balaban J connectivity index is 2.23. The van der Waals surface area contributed by atoms with Crippen molar-refractivity contribution < 1.29 is 13.6 Å². The summed E-state index contributed by atoms with van der Waals surface area (Å²) in [5.74, 6) is -1.42. The highest BCUT2D eigenvalue weighted by molar-refractivity contribution is 7.13. The molecule has 2 rings (SSSR count). The van der Waals surface area contributed by atoms with Gasteiger partial charge in [-0.1, -0.05) is 13.8 Å². The summed E-state index contributed by atoms with van der Waals surface area (Å²) in [7, 11) is 3.10. The molecule has 7 heteroatoms. The minimum atomic E-state index is -0.725. The predicted octanol–water partition coefficient (Wildman–Crippen LogP) is 4.25. The number of carbonyl (C=O) groups excluding carboxylic acids is 1. The van der Waals surface area contributed by atoms with Crippen molar-refractivity contribution >= 4 is 28.6 Å². The second-order valence-electron chi connectivity index (χ2n) is 6.26. The number of amides is 1. The Morgan fingerprint density at radius 1 is 1.29 bits per heavy atom. The zero-order valence-electron chi connectivity index (χ0n) is 14.4. The summed E-state index contributed by atoms with van der Waals surface area (Å²) >= 11 is 1.31. The number of hydrogen-bond donors (Lipinski definition) is 1. The first-order valence-electron chi connectivity index (χ1n) is 7.63. The number of nitrogens with zero attached hydrogens (tertiary/aromatic N) is 2. The van der Waals surface area contributed by atoms with Crippen molar-refractivity contribution in [1.29, 1.82) is 0 Å². The number of rotatable bonds is 5. The Kier molecular flexibility index (Phi) is 5.54. The number of aromatic nitrogens is 1. The molecule has 1 amide bonds. The topological polar surface area (TPSA) is 45.2 Å². The Hall–Kier alpha value is -2.02. The SMILES string of the molecule is Cc1nc(CC(C)C)sc1C(=O)Nc1cc(F)c(N(C)C)c(F)c1. The van der Waals surface area contributed by atoms with E-state index < -0.39 is 17.5 Å². The van der Waals surface area contributed by atoms with Gasteiger partial charge in [-0.2, -0.15) is 0 Å². The van der Waals surface area contributed by atoms with Gasteiger partial charge in [0.15, 0.2) is 11.6 Å². The lowest BCUT2D eigenvalue weighted by atomic mass is 10.1. The molecule has 0 saturated heterocycles. The van der Waals surface area contributed by atoms with E-state index in [9.17, 15) is 13.6 Å². The highest BCUT2D eigenvalue weighted by Crippen LogP contribution is 2.27. The fraction of sp³-hybridized carbons (Fsp3) is 0.412. The average Bonchev–Trinajstić information content (AvgIpc) is 2.77. The molecule has 1 N–H and O–H groups in total. The van der Waals surface area contributed by atoms with E-state index in [1.54, 1.807) is 21.0 Å². The summed E-state index contributed by atoms with van der Waals surface area (Å²) in [5, 5.41) is 3.43. The Labute approximate surface area is 144 Å². The highest BCUT2D eigenvalue weighted by Gasteiger charge is 2.18. The summed E-state index contributed by atoms with van der Waals surface area (Å²) in [4.78, 5) is 18.6. The van der Waals surface area contributed by atoms with Crippen LogP contribution in [0.3, 0.4) is 0 Å². The van der Waals surface area contributed by atoms with E-state index in [1.807, 2.05) is 0 Å². The number of halogens is 2. The monoisotopic (exact) mass is 353 g/mol. The van der Waals surface area contributed by atoms with Crippen LogP contribution in [0.25, 0.3) is 0 Å². The number of benzene rings is 1. The quantitative estimate of drug-likeness (QED) is 0.874. The van der Waals surface area contributed by atoms with Crippen molar-refractivity contribution in [3.63, 3.8) is 0 Å². The third-order valence-electron chi connectivity index (χ3n) is 3.35. The molecule has 1 aromatic carbocycles. The van der Waals surface area contributed by atoms with E-state index >= 15 is 0 Å². The molecule has 0 unspecified atom stereocenters. The van der Waals surface area contributed by atoms with Gasteiger partial charge in [0.05, 0.1) is 10.7 Å². The van der Waals surface area contributed by atoms with Gasteiger partial charge >= 0.3 is 0 Å². The van der Waals surface area contributed by atoms with Crippen molar-refractivity contribution in [3.05, 3.63) is 39.3 Å². The molecule has 0 spiro atoms. The van der Waals surface area contributed by atoms with E-state index in [2.05, 4.69) is 24.1 Å². The lowest BCUT2D eigenvalue weighted by Gasteiger charge is -2.15. The third-order valence-corrected chi connectivity index (χ3v) is 4.53. The summed E-state index contributed by atoms with van der Waals surface area (Å²) in [5.41, 5.74) is 0.569. The first-order chi connectivity index (χ1) is 11.2. The molecule has 0 aliphatic carbocycles. The van der Waals surface area contributed by atoms with Crippen LogP contribution in [0.1, 0.15) is 34.2 Å². The second-order valence-corrected chi connectivity index (χ2v) is 7.34. The first-order valence-corrected chi connectivity index (χ1v) is 8.44. The molecule has 1 heterocycles. The zero-order valence-corrected chi connectivity index (χ0v) is 15.2. The maximum atomic E-state index is 14.0. The molecule has 0 atom stereocenters. The van der Waals surface area contributed by atoms with Crippen molar-refractivity contribution in [2.24, 2.45) is 5.92 Å². The lowest BCUT2D eigenvalue weighted by molar-refractivity contribution is 0.103. The van der Waals surface area contributed by atoms with Crippen molar-refractivity contribution in [2.75, 3.05) is 24.3 Å². The zero-order chi connectivity index (χ0) is 18.0. The smallest absolute Gasteiger partial charge is 0.267 e. The molecule has 0 fully saturated rings. The van der Waals surface area contributed by atoms with Gasteiger partial charge in [-0.25, -0.2) is 13.8 Å². The standard InChI is InChI=1S/C17H21F2N3OS/c1-9(2)6-14-20-10(3)16(24-14)17(23)21-11-7-12(18)15(22(4)5)13(19)8-11/h7-9H,6H2,1-5H3,(H,21,23). The molecule has 24 heavy (non-hydrogen) atoms. The first kappa shape index (κ1) is 18.3. The summed E-state index contributed by atoms with van der Waals surface area (Å²) in [6.07, 6.45) is 0.791. The van der Waals surface area contributed by atoms with Gasteiger partial charge in [0.25, 0.3) is 5.91 Å². The predicted molar refractivity (Wildman–Crippen MR) is 94.0 cm³/mol. The largest absolute Gasteiger partial charge is 0.373 e. The van der Waals surface area contributed by atoms with Gasteiger partial charge in [-0.05, 0) is 25.0 Å². The molecule has 130 valence electrons. The van der Waals surface area contributed by atoms with E-state index in [4.69, 9.17) is 0 Å². The van der Waals surface area contributed by atoms with E-state index in [-0.39, 0.29) is 11.4 Å². The van der Waals surface area contributed by atoms with Gasteiger partial charge in [-0.15, -0.1) is 11.3 Å². The molecule has 0 aliphatic rings. The number of aryl methyl sites for hydroxylation is 1. The van der Waals surface area contributed by atoms with Crippen LogP contribution >= 0.6 is 11.3 Å². The van der Waals surface area contributed by atoms with Crippen LogP contribution in [-0.4, -0.2) is 25.0 Å². The van der Waals surface area contributed by atoms with Crippen molar-refractivity contribution in [1.82, 2.24) is 4.98 Å². The van der Waals surface area contributed by atoms with Crippen LogP contribution < -0.4 is 10.2 Å². The van der Waals surface area contributed by atoms with Crippen LogP contribution in [0.5, 0.6) is 0 Å². The minimum absolute atomic E-state index is 0.0822. The number of thiazole rings is 1. The summed E-state index contributed by atoms with van der Waals surface area (Å²) < 4.78 is 28.0. The third kappa shape index (κ3) is 4.08. The fourth-order valence-corrected chi connectivity index (χ4v) is 3.52. The molecular formula is C17H21F2N3OS. The van der Waals surface area contributed by atoms with Gasteiger partial charge in [0, 0.05) is 26.2 Å². The molecule has 0 aliphatic heterocycles. The van der Waals surface area contributed by atoms with Crippen LogP contribution in [0.4, 0.5) is 20.2 Å². The second kappa shape index (κ2) is 7.25. The molecule has 2 aromatic rings. The minimum Gasteiger partial charge on any atom is -0.373 e. The number of anilines is 2. The molecular weight excluding hydrogens is 332 g/mol. The molecule has 0 saturated carbocycles.